The van der Waals surface area contributed by atoms with Crippen LogP contribution in [-0.4, -0.2) is 23.1 Å². The van der Waals surface area contributed by atoms with Crippen LogP contribution < -0.4 is 5.11 Å². The standard InChI is InChI=1S/C7H6O5/c8-3-1-2-5(4-9)6(10)7(11)12/h1-4,9H,(H,11,12)/p-1/b2-1+,5-4+. The van der Waals surface area contributed by atoms with Crippen LogP contribution in [0.25, 0.3) is 0 Å². The molecule has 0 radical (unpaired) electrons. The molecule has 0 unspecified atom stereocenters. The van der Waals surface area contributed by atoms with Crippen molar-refractivity contribution in [3.05, 3.63) is 24.0 Å². The summed E-state index contributed by atoms with van der Waals surface area (Å²) in [7, 11) is 0. The molecule has 0 aromatic rings. The predicted molar refractivity (Wildman–Crippen MR) is 35.9 cm³/mol. The Morgan fingerprint density at radius 3 is 2.25 bits per heavy atom. The third kappa shape index (κ3) is 2.78. The Morgan fingerprint density at radius 2 is 1.92 bits per heavy atom. The van der Waals surface area contributed by atoms with Crippen LogP contribution in [0.15, 0.2) is 24.0 Å². The van der Waals surface area contributed by atoms with E-state index in [4.69, 9.17) is 5.11 Å². The van der Waals surface area contributed by atoms with Crippen LogP contribution in [0, 0.1) is 0 Å². The minimum Gasteiger partial charge on any atom is -0.877 e. The highest BCUT2D eigenvalue weighted by Crippen LogP contribution is 1.95. The second-order valence-electron chi connectivity index (χ2n) is 1.70. The van der Waals surface area contributed by atoms with Gasteiger partial charge in [0.1, 0.15) is 6.29 Å². The zero-order valence-corrected chi connectivity index (χ0v) is 5.89. The molecular weight excluding hydrogens is 164 g/mol. The van der Waals surface area contributed by atoms with Crippen LogP contribution in [-0.2, 0) is 14.4 Å². The molecular formula is C7H5O5-. The largest absolute Gasteiger partial charge is 0.877 e. The van der Waals surface area contributed by atoms with Gasteiger partial charge < -0.3 is 10.2 Å². The number of hydrogen-bond acceptors (Lipinski definition) is 4. The number of ketones is 1. The van der Waals surface area contributed by atoms with E-state index in [0.717, 1.165) is 12.2 Å². The van der Waals surface area contributed by atoms with E-state index in [9.17, 15) is 19.5 Å². The Bertz CT molecular complexity index is 261. The lowest BCUT2D eigenvalue weighted by atomic mass is 10.2. The zero-order valence-electron chi connectivity index (χ0n) is 5.89. The highest BCUT2D eigenvalue weighted by molar-refractivity contribution is 6.40. The van der Waals surface area contributed by atoms with Crippen LogP contribution in [0.1, 0.15) is 0 Å². The van der Waals surface area contributed by atoms with E-state index in [2.05, 4.69) is 0 Å². The summed E-state index contributed by atoms with van der Waals surface area (Å²) in [6.07, 6.45) is 2.12. The van der Waals surface area contributed by atoms with Crippen molar-refractivity contribution in [2.45, 2.75) is 0 Å². The van der Waals surface area contributed by atoms with Gasteiger partial charge in [-0.05, 0) is 12.2 Å². The van der Waals surface area contributed by atoms with Crippen LogP contribution >= 0.6 is 0 Å². The zero-order chi connectivity index (χ0) is 9.56. The molecule has 0 aliphatic carbocycles. The third-order valence-corrected chi connectivity index (χ3v) is 0.938. The molecule has 5 heteroatoms. The molecule has 5 nitrogen and oxygen atoms in total. The van der Waals surface area contributed by atoms with Gasteiger partial charge in [0.15, 0.2) is 0 Å². The molecule has 0 aliphatic rings. The topological polar surface area (TPSA) is 94.5 Å². The molecule has 64 valence electrons. The van der Waals surface area contributed by atoms with Crippen molar-refractivity contribution in [3.63, 3.8) is 0 Å². The maximum absolute atomic E-state index is 10.5. The minimum atomic E-state index is -1.73. The fraction of sp³-hybridized carbons (Fsp3) is 0. The van der Waals surface area contributed by atoms with Gasteiger partial charge in [0, 0.05) is 5.57 Å². The lowest BCUT2D eigenvalue weighted by Gasteiger charge is -1.97. The molecule has 12 heavy (non-hydrogen) atoms. The van der Waals surface area contributed by atoms with Crippen LogP contribution in [0.3, 0.4) is 0 Å². The lowest BCUT2D eigenvalue weighted by molar-refractivity contribution is -0.275. The number of carbonyl (C=O) groups excluding carboxylic acids is 2. The number of hydrogen-bond donors (Lipinski definition) is 1. The Morgan fingerprint density at radius 1 is 1.33 bits per heavy atom. The Labute approximate surface area is 67.6 Å². The van der Waals surface area contributed by atoms with Gasteiger partial charge in [0.05, 0.1) is 0 Å². The van der Waals surface area contributed by atoms with E-state index >= 15 is 0 Å². The molecule has 0 aromatic carbocycles. The number of rotatable bonds is 4. The Kier molecular flexibility index (Phi) is 4.07. The number of aliphatic carboxylic acids is 1. The van der Waals surface area contributed by atoms with Crippen molar-refractivity contribution in [1.82, 2.24) is 0 Å². The molecule has 0 heterocycles. The molecule has 0 atom stereocenters. The molecule has 0 fully saturated rings. The van der Waals surface area contributed by atoms with Gasteiger partial charge in [-0.25, -0.2) is 4.79 Å². The maximum Gasteiger partial charge on any atom is 0.377 e. The molecule has 0 amide bonds. The van der Waals surface area contributed by atoms with Crippen molar-refractivity contribution >= 4 is 18.0 Å². The normalized spacial score (nSPS) is 11.5. The summed E-state index contributed by atoms with van der Waals surface area (Å²) in [6.45, 7) is 0. The van der Waals surface area contributed by atoms with Gasteiger partial charge in [-0.2, -0.15) is 0 Å². The van der Waals surface area contributed by atoms with E-state index in [0.29, 0.717) is 6.29 Å². The second-order valence-corrected chi connectivity index (χ2v) is 1.70. The first-order chi connectivity index (χ1) is 5.63. The molecule has 0 bridgehead atoms. The number of allylic oxidation sites excluding steroid dienone is 2. The van der Waals surface area contributed by atoms with Crippen LogP contribution in [0.4, 0.5) is 0 Å². The van der Waals surface area contributed by atoms with E-state index in [1.807, 2.05) is 0 Å². The van der Waals surface area contributed by atoms with Gasteiger partial charge in [-0.15, -0.1) is 6.26 Å². The van der Waals surface area contributed by atoms with Crippen molar-refractivity contribution in [3.8, 4) is 0 Å². The van der Waals surface area contributed by atoms with Crippen LogP contribution in [0.5, 0.6) is 0 Å². The summed E-state index contributed by atoms with van der Waals surface area (Å²) in [5.74, 6) is -3.06. The number of carboxylic acid groups (broad SMARTS) is 1. The highest BCUT2D eigenvalue weighted by atomic mass is 16.4. The maximum atomic E-state index is 10.5. The number of carbonyl (C=O) groups is 3. The number of aldehydes is 1. The third-order valence-electron chi connectivity index (χ3n) is 0.938. The van der Waals surface area contributed by atoms with Crippen molar-refractivity contribution < 1.29 is 24.6 Å². The first kappa shape index (κ1) is 10.1. The van der Waals surface area contributed by atoms with E-state index in [-0.39, 0.29) is 6.26 Å². The summed E-state index contributed by atoms with van der Waals surface area (Å²) in [5, 5.41) is 18.2. The molecule has 0 aliphatic heterocycles. The average Bonchev–Trinajstić information content (AvgIpc) is 2.05. The van der Waals surface area contributed by atoms with Gasteiger partial charge in [-0.3, -0.25) is 9.59 Å². The first-order valence-corrected chi connectivity index (χ1v) is 2.85. The molecule has 0 rings (SSSR count). The van der Waals surface area contributed by atoms with E-state index in [1.165, 1.54) is 0 Å². The monoisotopic (exact) mass is 169 g/mol. The SMILES string of the molecule is O=C/C=C/C(=C\[O-])C(=O)C(=O)O. The van der Waals surface area contributed by atoms with Gasteiger partial charge in [0.25, 0.3) is 5.78 Å². The summed E-state index contributed by atoms with van der Waals surface area (Å²) in [6, 6.07) is 0. The lowest BCUT2D eigenvalue weighted by Crippen LogP contribution is -2.15. The molecule has 0 saturated carbocycles. The van der Waals surface area contributed by atoms with Crippen molar-refractivity contribution in [2.75, 3.05) is 0 Å². The molecule has 0 aromatic heterocycles. The van der Waals surface area contributed by atoms with Gasteiger partial charge in [0.2, 0.25) is 0 Å². The van der Waals surface area contributed by atoms with Gasteiger partial charge >= 0.3 is 5.97 Å². The predicted octanol–water partition coefficient (Wildman–Crippen LogP) is -1.36. The van der Waals surface area contributed by atoms with Gasteiger partial charge in [-0.1, -0.05) is 0 Å². The highest BCUT2D eigenvalue weighted by Gasteiger charge is 2.12. The minimum absolute atomic E-state index is 0.0798. The number of Topliss-reactive ketones (excluding diaryl/α,β-unsaturated/α-hetero) is 1. The van der Waals surface area contributed by atoms with E-state index in [1.54, 1.807) is 0 Å². The Hall–Kier alpha value is -1.91. The van der Waals surface area contributed by atoms with Crippen LogP contribution in [0.2, 0.25) is 0 Å². The molecule has 1 N–H and O–H groups in total. The summed E-state index contributed by atoms with van der Waals surface area (Å²) < 4.78 is 0. The smallest absolute Gasteiger partial charge is 0.377 e. The second kappa shape index (κ2) is 4.84. The van der Waals surface area contributed by atoms with E-state index < -0.39 is 17.3 Å². The fourth-order valence-electron chi connectivity index (χ4n) is 0.435. The quantitative estimate of drug-likeness (QED) is 0.184. The first-order valence-electron chi connectivity index (χ1n) is 2.85. The summed E-state index contributed by atoms with van der Waals surface area (Å²) >= 11 is 0. The summed E-state index contributed by atoms with van der Waals surface area (Å²) in [5.41, 5.74) is -0.561. The Balaban J connectivity index is 4.59. The molecule has 0 saturated heterocycles. The van der Waals surface area contributed by atoms with Crippen molar-refractivity contribution in [2.24, 2.45) is 0 Å². The number of carboxylic acids is 1. The summed E-state index contributed by atoms with van der Waals surface area (Å²) in [4.78, 5) is 30.3. The average molecular weight is 169 g/mol. The fourth-order valence-corrected chi connectivity index (χ4v) is 0.435. The molecule has 0 spiro atoms. The van der Waals surface area contributed by atoms with Crippen molar-refractivity contribution in [1.29, 1.82) is 0 Å².